The van der Waals surface area contributed by atoms with Gasteiger partial charge in [-0.05, 0) is 23.6 Å². The Morgan fingerprint density at radius 3 is 2.70 bits per heavy atom. The van der Waals surface area contributed by atoms with Crippen molar-refractivity contribution in [2.24, 2.45) is 0 Å². The van der Waals surface area contributed by atoms with Crippen LogP contribution in [-0.2, 0) is 13.0 Å². The summed E-state index contributed by atoms with van der Waals surface area (Å²) in [5.74, 6) is -0.165. The van der Waals surface area contributed by atoms with Crippen molar-refractivity contribution in [3.05, 3.63) is 57.3 Å². The number of nitrogens with zero attached hydrogens (tertiary/aromatic N) is 3. The average Bonchev–Trinajstić information content (AvgIpc) is 2.48. The second kappa shape index (κ2) is 5.38. The zero-order valence-corrected chi connectivity index (χ0v) is 12.0. The molecule has 20 heavy (non-hydrogen) atoms. The number of halogens is 2. The second-order valence-electron chi connectivity index (χ2n) is 4.62. The Morgan fingerprint density at radius 2 is 1.90 bits per heavy atom. The molecule has 0 saturated heterocycles. The molecular formula is C14H11Cl2N3O. The third-order valence-electron chi connectivity index (χ3n) is 3.37. The third kappa shape index (κ3) is 2.49. The van der Waals surface area contributed by atoms with E-state index in [4.69, 9.17) is 23.2 Å². The van der Waals surface area contributed by atoms with Gasteiger partial charge in [-0.25, -0.2) is 0 Å². The lowest BCUT2D eigenvalue weighted by Crippen LogP contribution is -2.36. The summed E-state index contributed by atoms with van der Waals surface area (Å²) in [5.41, 5.74) is 2.75. The molecule has 2 aromatic rings. The van der Waals surface area contributed by atoms with Crippen molar-refractivity contribution in [1.29, 1.82) is 0 Å². The molecule has 0 atom stereocenters. The minimum absolute atomic E-state index is 0.0817. The van der Waals surface area contributed by atoms with E-state index in [1.165, 1.54) is 11.6 Å². The van der Waals surface area contributed by atoms with E-state index in [1.807, 2.05) is 18.2 Å². The van der Waals surface area contributed by atoms with Crippen molar-refractivity contribution in [2.45, 2.75) is 13.0 Å². The quantitative estimate of drug-likeness (QED) is 0.813. The van der Waals surface area contributed by atoms with Crippen molar-refractivity contribution in [3.63, 3.8) is 0 Å². The van der Waals surface area contributed by atoms with Crippen LogP contribution in [0.25, 0.3) is 0 Å². The molecule has 1 amide bonds. The van der Waals surface area contributed by atoms with Gasteiger partial charge in [0.2, 0.25) is 0 Å². The number of fused-ring (bicyclic) bond motifs is 1. The van der Waals surface area contributed by atoms with Gasteiger partial charge in [0.1, 0.15) is 0 Å². The highest BCUT2D eigenvalue weighted by molar-refractivity contribution is 6.34. The Kier molecular flexibility index (Phi) is 3.59. The Hall–Kier alpha value is -1.65. The van der Waals surface area contributed by atoms with Crippen LogP contribution < -0.4 is 0 Å². The smallest absolute Gasteiger partial charge is 0.257 e. The summed E-state index contributed by atoms with van der Waals surface area (Å²) in [6.45, 7) is 1.23. The van der Waals surface area contributed by atoms with Crippen LogP contribution in [0.1, 0.15) is 21.5 Å². The van der Waals surface area contributed by atoms with Gasteiger partial charge in [0.15, 0.2) is 10.3 Å². The first-order chi connectivity index (χ1) is 9.65. The molecule has 1 aromatic heterocycles. The van der Waals surface area contributed by atoms with Crippen molar-refractivity contribution in [3.8, 4) is 0 Å². The number of carbonyl (C=O) groups is 1. The lowest BCUT2D eigenvalue weighted by Gasteiger charge is -2.29. The van der Waals surface area contributed by atoms with Crippen LogP contribution >= 0.6 is 23.2 Å². The highest BCUT2D eigenvalue weighted by Gasteiger charge is 2.24. The maximum Gasteiger partial charge on any atom is 0.257 e. The summed E-state index contributed by atoms with van der Waals surface area (Å²) in [6, 6.07) is 9.58. The summed E-state index contributed by atoms with van der Waals surface area (Å²) >= 11 is 11.7. The van der Waals surface area contributed by atoms with E-state index in [0.717, 1.165) is 12.0 Å². The lowest BCUT2D eigenvalue weighted by molar-refractivity contribution is 0.0734. The van der Waals surface area contributed by atoms with E-state index < -0.39 is 0 Å². The number of hydrogen-bond donors (Lipinski definition) is 0. The maximum atomic E-state index is 12.5. The van der Waals surface area contributed by atoms with Gasteiger partial charge >= 0.3 is 0 Å². The average molecular weight is 308 g/mol. The van der Waals surface area contributed by atoms with Crippen LogP contribution in [0.15, 0.2) is 30.3 Å². The Bertz CT molecular complexity index is 675. The normalized spacial score (nSPS) is 14.0. The molecule has 0 bridgehead atoms. The number of aromatic nitrogens is 2. The molecule has 0 unspecified atom stereocenters. The molecule has 0 aliphatic carbocycles. The van der Waals surface area contributed by atoms with Crippen LogP contribution in [0, 0.1) is 0 Å². The van der Waals surface area contributed by atoms with E-state index in [-0.39, 0.29) is 16.2 Å². The summed E-state index contributed by atoms with van der Waals surface area (Å²) in [6.07, 6.45) is 0.839. The molecule has 0 spiro atoms. The highest BCUT2D eigenvalue weighted by atomic mass is 35.5. The van der Waals surface area contributed by atoms with Crippen LogP contribution in [0.4, 0.5) is 0 Å². The van der Waals surface area contributed by atoms with Crippen LogP contribution in [0.5, 0.6) is 0 Å². The van der Waals surface area contributed by atoms with Gasteiger partial charge in [0, 0.05) is 13.1 Å². The SMILES string of the molecule is O=C(c1cc(Cl)nnc1Cl)N1CCc2ccccc2C1. The fraction of sp³-hybridized carbons (Fsp3) is 0.214. The zero-order valence-electron chi connectivity index (χ0n) is 10.5. The Morgan fingerprint density at radius 1 is 1.15 bits per heavy atom. The van der Waals surface area contributed by atoms with E-state index >= 15 is 0 Å². The number of hydrogen-bond acceptors (Lipinski definition) is 3. The van der Waals surface area contributed by atoms with E-state index in [9.17, 15) is 4.79 Å². The molecule has 102 valence electrons. The predicted octanol–water partition coefficient (Wildman–Crippen LogP) is 2.98. The molecule has 3 rings (SSSR count). The standard InChI is InChI=1S/C14H11Cl2N3O/c15-12-7-11(13(16)18-17-12)14(20)19-6-5-9-3-1-2-4-10(9)8-19/h1-4,7H,5-6,8H2. The maximum absolute atomic E-state index is 12.5. The van der Waals surface area contributed by atoms with E-state index in [0.29, 0.717) is 18.7 Å². The molecular weight excluding hydrogens is 297 g/mol. The number of benzene rings is 1. The lowest BCUT2D eigenvalue weighted by atomic mass is 9.99. The zero-order chi connectivity index (χ0) is 14.1. The Balaban J connectivity index is 1.88. The molecule has 0 fully saturated rings. The van der Waals surface area contributed by atoms with Crippen molar-refractivity contribution < 1.29 is 4.79 Å². The van der Waals surface area contributed by atoms with Gasteiger partial charge in [-0.15, -0.1) is 10.2 Å². The van der Waals surface area contributed by atoms with Crippen LogP contribution in [0.2, 0.25) is 10.3 Å². The molecule has 6 heteroatoms. The van der Waals surface area contributed by atoms with Crippen molar-refractivity contribution >= 4 is 29.1 Å². The third-order valence-corrected chi connectivity index (χ3v) is 3.83. The van der Waals surface area contributed by atoms with Gasteiger partial charge in [-0.2, -0.15) is 0 Å². The fourth-order valence-corrected chi connectivity index (χ4v) is 2.66. The summed E-state index contributed by atoms with van der Waals surface area (Å²) < 4.78 is 0. The number of rotatable bonds is 1. The summed E-state index contributed by atoms with van der Waals surface area (Å²) in [7, 11) is 0. The van der Waals surface area contributed by atoms with E-state index in [1.54, 1.807) is 4.90 Å². The number of carbonyl (C=O) groups excluding carboxylic acids is 1. The molecule has 0 radical (unpaired) electrons. The predicted molar refractivity (Wildman–Crippen MR) is 76.9 cm³/mol. The van der Waals surface area contributed by atoms with Gasteiger partial charge in [-0.3, -0.25) is 4.79 Å². The van der Waals surface area contributed by atoms with Crippen molar-refractivity contribution in [1.82, 2.24) is 15.1 Å². The van der Waals surface area contributed by atoms with Crippen LogP contribution in [-0.4, -0.2) is 27.5 Å². The Labute approximate surface area is 126 Å². The molecule has 1 aromatic carbocycles. The summed E-state index contributed by atoms with van der Waals surface area (Å²) in [4.78, 5) is 14.2. The van der Waals surface area contributed by atoms with Gasteiger partial charge in [0.05, 0.1) is 5.56 Å². The van der Waals surface area contributed by atoms with Crippen molar-refractivity contribution in [2.75, 3.05) is 6.54 Å². The van der Waals surface area contributed by atoms with E-state index in [2.05, 4.69) is 16.3 Å². The monoisotopic (exact) mass is 307 g/mol. The summed E-state index contributed by atoms with van der Waals surface area (Å²) in [5, 5.41) is 7.53. The highest BCUT2D eigenvalue weighted by Crippen LogP contribution is 2.23. The topological polar surface area (TPSA) is 46.1 Å². The minimum atomic E-state index is -0.165. The molecule has 4 nitrogen and oxygen atoms in total. The molecule has 0 saturated carbocycles. The van der Waals surface area contributed by atoms with Crippen LogP contribution in [0.3, 0.4) is 0 Å². The van der Waals surface area contributed by atoms with Gasteiger partial charge in [0.25, 0.3) is 5.91 Å². The first-order valence-corrected chi connectivity index (χ1v) is 6.95. The molecule has 1 aliphatic rings. The molecule has 2 heterocycles. The number of amides is 1. The largest absolute Gasteiger partial charge is 0.334 e. The van der Waals surface area contributed by atoms with Gasteiger partial charge < -0.3 is 4.90 Å². The van der Waals surface area contributed by atoms with Gasteiger partial charge in [-0.1, -0.05) is 47.5 Å². The molecule has 1 aliphatic heterocycles. The minimum Gasteiger partial charge on any atom is -0.334 e. The first-order valence-electron chi connectivity index (χ1n) is 6.20. The first kappa shape index (κ1) is 13.3. The second-order valence-corrected chi connectivity index (χ2v) is 5.36. The molecule has 0 N–H and O–H groups in total. The fourth-order valence-electron chi connectivity index (χ4n) is 2.34.